The van der Waals surface area contributed by atoms with Gasteiger partial charge in [0.2, 0.25) is 5.91 Å². The molecule has 0 N–H and O–H groups in total. The van der Waals surface area contributed by atoms with Crippen molar-refractivity contribution in [3.8, 4) is 5.75 Å². The van der Waals surface area contributed by atoms with E-state index in [4.69, 9.17) is 4.74 Å². The van der Waals surface area contributed by atoms with Gasteiger partial charge in [0.05, 0.1) is 19.6 Å². The summed E-state index contributed by atoms with van der Waals surface area (Å²) in [6.45, 7) is 4.06. The van der Waals surface area contributed by atoms with Gasteiger partial charge in [-0.3, -0.25) is 4.79 Å². The molecule has 0 saturated heterocycles. The molecule has 1 atom stereocenters. The highest BCUT2D eigenvalue weighted by Gasteiger charge is 2.20. The molecular formula is C19H23NO2. The SMILES string of the molecule is COc1ccccc1C(C)N(C)C(=O)Cc1ccc(C)cc1. The Morgan fingerprint density at radius 2 is 1.77 bits per heavy atom. The predicted octanol–water partition coefficient (Wildman–Crippen LogP) is 3.77. The van der Waals surface area contributed by atoms with Crippen LogP contribution in [0.15, 0.2) is 48.5 Å². The van der Waals surface area contributed by atoms with Gasteiger partial charge in [-0.05, 0) is 25.5 Å². The summed E-state index contributed by atoms with van der Waals surface area (Å²) in [6.07, 6.45) is 0.413. The topological polar surface area (TPSA) is 29.5 Å². The second-order valence-electron chi connectivity index (χ2n) is 5.58. The normalized spacial score (nSPS) is 11.8. The Morgan fingerprint density at radius 3 is 2.41 bits per heavy atom. The largest absolute Gasteiger partial charge is 0.496 e. The first-order chi connectivity index (χ1) is 10.5. The second-order valence-corrected chi connectivity index (χ2v) is 5.58. The van der Waals surface area contributed by atoms with Crippen LogP contribution in [0.2, 0.25) is 0 Å². The zero-order chi connectivity index (χ0) is 16.1. The van der Waals surface area contributed by atoms with Crippen LogP contribution < -0.4 is 4.74 Å². The molecule has 0 bridgehead atoms. The lowest BCUT2D eigenvalue weighted by Gasteiger charge is -2.26. The van der Waals surface area contributed by atoms with Gasteiger partial charge in [-0.25, -0.2) is 0 Å². The van der Waals surface area contributed by atoms with Gasteiger partial charge < -0.3 is 9.64 Å². The predicted molar refractivity (Wildman–Crippen MR) is 89.1 cm³/mol. The van der Waals surface area contributed by atoms with Gasteiger partial charge in [-0.1, -0.05) is 48.0 Å². The molecule has 2 rings (SSSR count). The average molecular weight is 297 g/mol. The Kier molecular flexibility index (Phi) is 5.21. The maximum Gasteiger partial charge on any atom is 0.227 e. The summed E-state index contributed by atoms with van der Waals surface area (Å²) >= 11 is 0. The molecule has 0 fully saturated rings. The minimum absolute atomic E-state index is 0.0332. The van der Waals surface area contributed by atoms with Crippen LogP contribution in [0.5, 0.6) is 5.75 Å². The number of aryl methyl sites for hydroxylation is 1. The number of amides is 1. The molecule has 0 aliphatic rings. The van der Waals surface area contributed by atoms with Gasteiger partial charge >= 0.3 is 0 Å². The molecule has 2 aromatic carbocycles. The lowest BCUT2D eigenvalue weighted by molar-refractivity contribution is -0.131. The van der Waals surface area contributed by atoms with E-state index in [0.29, 0.717) is 6.42 Å². The van der Waals surface area contributed by atoms with E-state index in [-0.39, 0.29) is 11.9 Å². The number of para-hydroxylation sites is 1. The lowest BCUT2D eigenvalue weighted by atomic mass is 10.0. The molecular weight excluding hydrogens is 274 g/mol. The molecule has 0 aliphatic heterocycles. The number of hydrogen-bond acceptors (Lipinski definition) is 2. The molecule has 0 heterocycles. The van der Waals surface area contributed by atoms with Gasteiger partial charge in [-0.15, -0.1) is 0 Å². The van der Waals surface area contributed by atoms with Crippen molar-refractivity contribution in [3.05, 3.63) is 65.2 Å². The minimum Gasteiger partial charge on any atom is -0.496 e. The Labute approximate surface area is 132 Å². The van der Waals surface area contributed by atoms with Crippen molar-refractivity contribution in [2.45, 2.75) is 26.3 Å². The fourth-order valence-corrected chi connectivity index (χ4v) is 2.44. The minimum atomic E-state index is -0.0332. The van der Waals surface area contributed by atoms with E-state index in [1.807, 2.05) is 69.4 Å². The molecule has 0 aromatic heterocycles. The summed E-state index contributed by atoms with van der Waals surface area (Å²) in [5.74, 6) is 0.909. The molecule has 116 valence electrons. The van der Waals surface area contributed by atoms with Crippen molar-refractivity contribution in [1.82, 2.24) is 4.90 Å². The molecule has 1 unspecified atom stereocenters. The Bertz CT molecular complexity index is 634. The molecule has 2 aromatic rings. The van der Waals surface area contributed by atoms with E-state index in [9.17, 15) is 4.79 Å². The molecule has 0 radical (unpaired) electrons. The number of carbonyl (C=O) groups excluding carboxylic acids is 1. The van der Waals surface area contributed by atoms with Crippen molar-refractivity contribution in [1.29, 1.82) is 0 Å². The first kappa shape index (κ1) is 16.1. The summed E-state index contributed by atoms with van der Waals surface area (Å²) in [5.41, 5.74) is 3.26. The maximum absolute atomic E-state index is 12.5. The zero-order valence-corrected chi connectivity index (χ0v) is 13.7. The van der Waals surface area contributed by atoms with Crippen molar-refractivity contribution >= 4 is 5.91 Å². The van der Waals surface area contributed by atoms with E-state index in [0.717, 1.165) is 16.9 Å². The van der Waals surface area contributed by atoms with E-state index < -0.39 is 0 Å². The van der Waals surface area contributed by atoms with E-state index in [1.165, 1.54) is 5.56 Å². The van der Waals surface area contributed by atoms with Gasteiger partial charge in [0.1, 0.15) is 5.75 Å². The number of likely N-dealkylation sites (N-methyl/N-ethyl adjacent to an activating group) is 1. The van der Waals surface area contributed by atoms with Crippen LogP contribution in [0.25, 0.3) is 0 Å². The summed E-state index contributed by atoms with van der Waals surface area (Å²) in [4.78, 5) is 14.3. The number of methoxy groups -OCH3 is 1. The molecule has 22 heavy (non-hydrogen) atoms. The third kappa shape index (κ3) is 3.67. The molecule has 1 amide bonds. The van der Waals surface area contributed by atoms with Crippen LogP contribution in [0.4, 0.5) is 0 Å². The van der Waals surface area contributed by atoms with E-state index in [2.05, 4.69) is 0 Å². The molecule has 0 aliphatic carbocycles. The second kappa shape index (κ2) is 7.12. The van der Waals surface area contributed by atoms with Crippen LogP contribution in [0.3, 0.4) is 0 Å². The number of hydrogen-bond donors (Lipinski definition) is 0. The fourth-order valence-electron chi connectivity index (χ4n) is 2.44. The number of rotatable bonds is 5. The van der Waals surface area contributed by atoms with E-state index >= 15 is 0 Å². The quantitative estimate of drug-likeness (QED) is 0.841. The highest BCUT2D eigenvalue weighted by molar-refractivity contribution is 5.79. The third-order valence-electron chi connectivity index (χ3n) is 4.04. The summed E-state index contributed by atoms with van der Waals surface area (Å²) < 4.78 is 5.39. The van der Waals surface area contributed by atoms with Gasteiger partial charge in [0.25, 0.3) is 0 Å². The zero-order valence-electron chi connectivity index (χ0n) is 13.7. The first-order valence-electron chi connectivity index (χ1n) is 7.47. The number of benzene rings is 2. The van der Waals surface area contributed by atoms with Crippen LogP contribution >= 0.6 is 0 Å². The van der Waals surface area contributed by atoms with Crippen LogP contribution in [-0.4, -0.2) is 25.0 Å². The van der Waals surface area contributed by atoms with Crippen molar-refractivity contribution in [2.24, 2.45) is 0 Å². The van der Waals surface area contributed by atoms with Crippen LogP contribution in [-0.2, 0) is 11.2 Å². The Morgan fingerprint density at radius 1 is 1.14 bits per heavy atom. The van der Waals surface area contributed by atoms with Gasteiger partial charge in [0.15, 0.2) is 0 Å². The molecule has 0 saturated carbocycles. The monoisotopic (exact) mass is 297 g/mol. The fraction of sp³-hybridized carbons (Fsp3) is 0.316. The highest BCUT2D eigenvalue weighted by atomic mass is 16.5. The molecule has 0 spiro atoms. The highest BCUT2D eigenvalue weighted by Crippen LogP contribution is 2.28. The standard InChI is InChI=1S/C19H23NO2/c1-14-9-11-16(12-10-14)13-19(21)20(3)15(2)17-7-5-6-8-18(17)22-4/h5-12,15H,13H2,1-4H3. The molecule has 3 heteroatoms. The van der Waals surface area contributed by atoms with Crippen molar-refractivity contribution in [2.75, 3.05) is 14.2 Å². The van der Waals surface area contributed by atoms with Crippen molar-refractivity contribution < 1.29 is 9.53 Å². The van der Waals surface area contributed by atoms with Crippen LogP contribution in [0.1, 0.15) is 29.7 Å². The number of carbonyl (C=O) groups is 1. The maximum atomic E-state index is 12.5. The number of nitrogens with zero attached hydrogens (tertiary/aromatic N) is 1. The number of ether oxygens (including phenoxy) is 1. The first-order valence-corrected chi connectivity index (χ1v) is 7.47. The average Bonchev–Trinajstić information content (AvgIpc) is 2.55. The van der Waals surface area contributed by atoms with Gasteiger partial charge in [-0.2, -0.15) is 0 Å². The summed E-state index contributed by atoms with van der Waals surface area (Å²) in [7, 11) is 3.49. The molecule has 3 nitrogen and oxygen atoms in total. The summed E-state index contributed by atoms with van der Waals surface area (Å²) in [5, 5.41) is 0. The Hall–Kier alpha value is -2.29. The van der Waals surface area contributed by atoms with Crippen LogP contribution in [0, 0.1) is 6.92 Å². The Balaban J connectivity index is 2.11. The van der Waals surface area contributed by atoms with Crippen molar-refractivity contribution in [3.63, 3.8) is 0 Å². The van der Waals surface area contributed by atoms with E-state index in [1.54, 1.807) is 12.0 Å². The smallest absolute Gasteiger partial charge is 0.227 e. The summed E-state index contributed by atoms with van der Waals surface area (Å²) in [6, 6.07) is 15.9. The third-order valence-corrected chi connectivity index (χ3v) is 4.04. The lowest BCUT2D eigenvalue weighted by Crippen LogP contribution is -2.31. The van der Waals surface area contributed by atoms with Gasteiger partial charge in [0, 0.05) is 12.6 Å².